The molecule has 0 radical (unpaired) electrons. The Balaban J connectivity index is 1.37. The Bertz CT molecular complexity index is 734. The SMILES string of the molecule is CN=C(NC1CCN(c2c(F)cccc2F)C1)NC1C2CCCOC2C1(C)C. The van der Waals surface area contributed by atoms with E-state index in [1.165, 1.54) is 24.6 Å². The molecule has 3 fully saturated rings. The molecule has 2 aliphatic heterocycles. The van der Waals surface area contributed by atoms with E-state index in [2.05, 4.69) is 29.5 Å². The molecule has 4 rings (SSSR count). The van der Waals surface area contributed by atoms with E-state index in [0.717, 1.165) is 25.4 Å². The molecular formula is C21H30F2N4O. The first-order valence-electron chi connectivity index (χ1n) is 10.2. The topological polar surface area (TPSA) is 48.9 Å². The van der Waals surface area contributed by atoms with Gasteiger partial charge >= 0.3 is 0 Å². The fourth-order valence-electron chi connectivity index (χ4n) is 5.20. The normalized spacial score (nSPS) is 31.9. The van der Waals surface area contributed by atoms with E-state index in [-0.39, 0.29) is 17.1 Å². The van der Waals surface area contributed by atoms with Crippen LogP contribution in [0.25, 0.3) is 0 Å². The van der Waals surface area contributed by atoms with Crippen molar-refractivity contribution in [2.45, 2.75) is 51.3 Å². The second kappa shape index (κ2) is 7.50. The molecule has 7 heteroatoms. The minimum Gasteiger partial charge on any atom is -0.377 e. The molecule has 5 nitrogen and oxygen atoms in total. The van der Waals surface area contributed by atoms with Crippen molar-refractivity contribution in [1.82, 2.24) is 10.6 Å². The number of guanidine groups is 1. The van der Waals surface area contributed by atoms with Crippen LogP contribution in [0.5, 0.6) is 0 Å². The summed E-state index contributed by atoms with van der Waals surface area (Å²) in [5.41, 5.74) is 0.123. The van der Waals surface area contributed by atoms with Gasteiger partial charge in [-0.05, 0) is 31.4 Å². The molecule has 4 atom stereocenters. The van der Waals surface area contributed by atoms with Crippen molar-refractivity contribution < 1.29 is 13.5 Å². The minimum atomic E-state index is -0.511. The quantitative estimate of drug-likeness (QED) is 0.614. The Kier molecular flexibility index (Phi) is 5.21. The molecule has 2 heterocycles. The number of nitrogens with zero attached hydrogens (tertiary/aromatic N) is 2. The van der Waals surface area contributed by atoms with Crippen molar-refractivity contribution in [2.24, 2.45) is 16.3 Å². The molecule has 0 bridgehead atoms. The highest BCUT2D eigenvalue weighted by Crippen LogP contribution is 2.51. The molecule has 1 aliphatic carbocycles. The number of para-hydroxylation sites is 1. The minimum absolute atomic E-state index is 0.0563. The zero-order chi connectivity index (χ0) is 19.9. The molecule has 0 aromatic heterocycles. The number of hydrogen-bond donors (Lipinski definition) is 2. The lowest BCUT2D eigenvalue weighted by Gasteiger charge is -2.60. The predicted molar refractivity (Wildman–Crippen MR) is 107 cm³/mol. The first-order valence-corrected chi connectivity index (χ1v) is 10.2. The predicted octanol–water partition coefficient (Wildman–Crippen LogP) is 2.91. The number of aliphatic imine (C=N–C) groups is 1. The Hall–Kier alpha value is -1.89. The zero-order valence-corrected chi connectivity index (χ0v) is 16.8. The molecule has 154 valence electrons. The van der Waals surface area contributed by atoms with Crippen LogP contribution in [0.1, 0.15) is 33.1 Å². The number of nitrogens with one attached hydrogen (secondary N) is 2. The Morgan fingerprint density at radius 2 is 1.96 bits per heavy atom. The van der Waals surface area contributed by atoms with Crippen molar-refractivity contribution in [3.8, 4) is 0 Å². The summed E-state index contributed by atoms with van der Waals surface area (Å²) in [4.78, 5) is 6.17. The van der Waals surface area contributed by atoms with Gasteiger partial charge in [0.05, 0.1) is 6.10 Å². The highest BCUT2D eigenvalue weighted by molar-refractivity contribution is 5.80. The molecule has 4 unspecified atom stereocenters. The van der Waals surface area contributed by atoms with Crippen LogP contribution in [0.3, 0.4) is 0 Å². The largest absolute Gasteiger partial charge is 0.377 e. The van der Waals surface area contributed by atoms with Gasteiger partial charge in [0.15, 0.2) is 5.96 Å². The molecule has 1 saturated carbocycles. The van der Waals surface area contributed by atoms with Gasteiger partial charge in [-0.2, -0.15) is 0 Å². The second-order valence-electron chi connectivity index (χ2n) is 8.76. The smallest absolute Gasteiger partial charge is 0.191 e. The summed E-state index contributed by atoms with van der Waals surface area (Å²) >= 11 is 0. The van der Waals surface area contributed by atoms with Crippen LogP contribution in [0.4, 0.5) is 14.5 Å². The molecule has 2 N–H and O–H groups in total. The van der Waals surface area contributed by atoms with Crippen LogP contribution in [-0.2, 0) is 4.74 Å². The van der Waals surface area contributed by atoms with E-state index in [9.17, 15) is 8.78 Å². The summed E-state index contributed by atoms with van der Waals surface area (Å²) in [6, 6.07) is 4.41. The van der Waals surface area contributed by atoms with E-state index in [1.807, 2.05) is 0 Å². The zero-order valence-electron chi connectivity index (χ0n) is 16.8. The lowest BCUT2D eigenvalue weighted by atomic mass is 9.55. The molecule has 2 saturated heterocycles. The van der Waals surface area contributed by atoms with E-state index in [4.69, 9.17) is 4.74 Å². The van der Waals surface area contributed by atoms with Gasteiger partial charge in [0.1, 0.15) is 17.3 Å². The highest BCUT2D eigenvalue weighted by Gasteiger charge is 2.58. The number of rotatable bonds is 3. The lowest BCUT2D eigenvalue weighted by Crippen LogP contribution is -2.71. The third-order valence-electron chi connectivity index (χ3n) is 6.63. The van der Waals surface area contributed by atoms with Gasteiger partial charge in [-0.1, -0.05) is 19.9 Å². The van der Waals surface area contributed by atoms with E-state index < -0.39 is 11.6 Å². The van der Waals surface area contributed by atoms with Gasteiger partial charge in [0.2, 0.25) is 0 Å². The van der Waals surface area contributed by atoms with Crippen molar-refractivity contribution in [2.75, 3.05) is 31.6 Å². The fourth-order valence-corrected chi connectivity index (χ4v) is 5.20. The Morgan fingerprint density at radius 3 is 2.68 bits per heavy atom. The molecule has 1 aromatic rings. The third kappa shape index (κ3) is 3.34. The van der Waals surface area contributed by atoms with Crippen molar-refractivity contribution in [1.29, 1.82) is 0 Å². The van der Waals surface area contributed by atoms with Gasteiger partial charge in [-0.15, -0.1) is 0 Å². The van der Waals surface area contributed by atoms with Crippen molar-refractivity contribution in [3.63, 3.8) is 0 Å². The van der Waals surface area contributed by atoms with Crippen LogP contribution in [0.2, 0.25) is 0 Å². The lowest BCUT2D eigenvalue weighted by molar-refractivity contribution is -0.188. The van der Waals surface area contributed by atoms with Gasteiger partial charge in [-0.25, -0.2) is 8.78 Å². The summed E-state index contributed by atoms with van der Waals surface area (Å²) in [5.74, 6) is 0.239. The summed E-state index contributed by atoms with van der Waals surface area (Å²) in [6.07, 6.45) is 3.39. The van der Waals surface area contributed by atoms with Crippen LogP contribution in [0, 0.1) is 23.0 Å². The fraction of sp³-hybridized carbons (Fsp3) is 0.667. The maximum absolute atomic E-state index is 14.1. The maximum atomic E-state index is 14.1. The summed E-state index contributed by atoms with van der Waals surface area (Å²) < 4.78 is 34.1. The molecule has 0 spiro atoms. The monoisotopic (exact) mass is 392 g/mol. The molecular weight excluding hydrogens is 362 g/mol. The third-order valence-corrected chi connectivity index (χ3v) is 6.63. The van der Waals surface area contributed by atoms with E-state index >= 15 is 0 Å². The Morgan fingerprint density at radius 1 is 1.21 bits per heavy atom. The van der Waals surface area contributed by atoms with Crippen LogP contribution in [-0.4, -0.2) is 50.9 Å². The van der Waals surface area contributed by atoms with E-state index in [1.54, 1.807) is 11.9 Å². The van der Waals surface area contributed by atoms with Gasteiger partial charge in [0.25, 0.3) is 0 Å². The first-order chi connectivity index (χ1) is 13.4. The molecule has 0 amide bonds. The van der Waals surface area contributed by atoms with Crippen molar-refractivity contribution in [3.05, 3.63) is 29.8 Å². The average molecular weight is 392 g/mol. The summed E-state index contributed by atoms with van der Waals surface area (Å²) in [7, 11) is 1.76. The molecule has 1 aromatic carbocycles. The summed E-state index contributed by atoms with van der Waals surface area (Å²) in [5, 5.41) is 7.04. The first kappa shape index (κ1) is 19.4. The number of fused-ring (bicyclic) bond motifs is 1. The molecule has 3 aliphatic rings. The van der Waals surface area contributed by atoms with Crippen LogP contribution in [0.15, 0.2) is 23.2 Å². The van der Waals surface area contributed by atoms with Crippen LogP contribution >= 0.6 is 0 Å². The molecule has 28 heavy (non-hydrogen) atoms. The van der Waals surface area contributed by atoms with Gasteiger partial charge < -0.3 is 20.3 Å². The number of ether oxygens (including phenoxy) is 1. The van der Waals surface area contributed by atoms with Gasteiger partial charge in [0, 0.05) is 50.2 Å². The number of benzene rings is 1. The number of hydrogen-bond acceptors (Lipinski definition) is 3. The highest BCUT2D eigenvalue weighted by atomic mass is 19.1. The number of anilines is 1. The van der Waals surface area contributed by atoms with Crippen molar-refractivity contribution >= 4 is 11.6 Å². The average Bonchev–Trinajstić information content (AvgIpc) is 3.13. The second-order valence-corrected chi connectivity index (χ2v) is 8.76. The number of halogens is 2. The maximum Gasteiger partial charge on any atom is 0.191 e. The van der Waals surface area contributed by atoms with Crippen LogP contribution < -0.4 is 15.5 Å². The Labute approximate surface area is 165 Å². The van der Waals surface area contributed by atoms with E-state index in [0.29, 0.717) is 31.2 Å². The summed E-state index contributed by atoms with van der Waals surface area (Å²) in [6.45, 7) is 6.49. The standard InChI is InChI=1S/C21H30F2N4O/c1-21(2)18(14-6-5-11-28-19(14)21)26-20(24-3)25-13-9-10-27(12-13)17-15(22)7-4-8-16(17)23/h4,7-8,13-14,18-19H,5-6,9-12H2,1-3H3,(H2,24,25,26). The van der Waals surface area contributed by atoms with Gasteiger partial charge in [-0.3, -0.25) is 4.99 Å².